The van der Waals surface area contributed by atoms with E-state index in [9.17, 15) is 4.79 Å². The number of allylic oxidation sites excluding steroid dienone is 1. The third-order valence-electron chi connectivity index (χ3n) is 3.82. The van der Waals surface area contributed by atoms with Crippen molar-refractivity contribution >= 4 is 5.91 Å². The van der Waals surface area contributed by atoms with Crippen molar-refractivity contribution in [2.45, 2.75) is 26.3 Å². The molecule has 0 bridgehead atoms. The molecule has 1 heterocycles. The smallest absolute Gasteiger partial charge is 0.246 e. The molecule has 0 spiro atoms. The van der Waals surface area contributed by atoms with Gasteiger partial charge in [0.2, 0.25) is 5.91 Å². The molecule has 1 aromatic rings. The molecular weight excluding hydrogens is 264 g/mol. The maximum Gasteiger partial charge on any atom is 0.246 e. The highest BCUT2D eigenvalue weighted by molar-refractivity contribution is 5.88. The van der Waals surface area contributed by atoms with Gasteiger partial charge in [0.05, 0.1) is 7.11 Å². The molecule has 4 nitrogen and oxygen atoms in total. The number of hydrogen-bond acceptors (Lipinski definition) is 3. The van der Waals surface area contributed by atoms with Gasteiger partial charge in [-0.25, -0.2) is 0 Å². The van der Waals surface area contributed by atoms with Crippen LogP contribution >= 0.6 is 0 Å². The van der Waals surface area contributed by atoms with Crippen molar-refractivity contribution in [2.24, 2.45) is 0 Å². The van der Waals surface area contributed by atoms with Gasteiger partial charge in [0.1, 0.15) is 5.75 Å². The van der Waals surface area contributed by atoms with Gasteiger partial charge in [0.25, 0.3) is 0 Å². The van der Waals surface area contributed by atoms with E-state index in [0.29, 0.717) is 0 Å². The van der Waals surface area contributed by atoms with Gasteiger partial charge >= 0.3 is 0 Å². The molecule has 1 aromatic carbocycles. The van der Waals surface area contributed by atoms with Gasteiger partial charge in [0, 0.05) is 31.8 Å². The lowest BCUT2D eigenvalue weighted by Crippen LogP contribution is -2.51. The van der Waals surface area contributed by atoms with Gasteiger partial charge < -0.3 is 15.0 Å². The standard InChI is InChI=1S/C17H24N2O2/c1-13(10-15-6-4-5-7-16(15)21-3)11-17(20)19-9-8-18-12-14(19)2/h4-7,11,14,18H,8-10,12H2,1-3H3. The number of amides is 1. The number of nitrogens with one attached hydrogen (secondary N) is 1. The molecule has 0 radical (unpaired) electrons. The fourth-order valence-corrected chi connectivity index (χ4v) is 2.66. The molecule has 2 rings (SSSR count). The van der Waals surface area contributed by atoms with Crippen molar-refractivity contribution in [1.82, 2.24) is 10.2 Å². The predicted molar refractivity (Wildman–Crippen MR) is 84.5 cm³/mol. The molecular formula is C17H24N2O2. The van der Waals surface area contributed by atoms with Crippen LogP contribution in [-0.2, 0) is 11.2 Å². The van der Waals surface area contributed by atoms with Gasteiger partial charge in [-0.1, -0.05) is 23.8 Å². The highest BCUT2D eigenvalue weighted by Gasteiger charge is 2.21. The first-order valence-corrected chi connectivity index (χ1v) is 7.42. The van der Waals surface area contributed by atoms with Crippen molar-refractivity contribution in [3.63, 3.8) is 0 Å². The Morgan fingerprint density at radius 1 is 1.48 bits per heavy atom. The van der Waals surface area contributed by atoms with Gasteiger partial charge in [-0.05, 0) is 31.9 Å². The lowest BCUT2D eigenvalue weighted by Gasteiger charge is -2.33. The van der Waals surface area contributed by atoms with Crippen molar-refractivity contribution in [1.29, 1.82) is 0 Å². The minimum absolute atomic E-state index is 0.108. The van der Waals surface area contributed by atoms with Crippen LogP contribution in [0.1, 0.15) is 19.4 Å². The normalized spacial score (nSPS) is 19.5. The number of methoxy groups -OCH3 is 1. The first-order chi connectivity index (χ1) is 10.1. The van der Waals surface area contributed by atoms with Crippen molar-refractivity contribution < 1.29 is 9.53 Å². The SMILES string of the molecule is COc1ccccc1CC(C)=CC(=O)N1CCNCC1C. The third kappa shape index (κ3) is 4.08. The summed E-state index contributed by atoms with van der Waals surface area (Å²) in [7, 11) is 1.67. The topological polar surface area (TPSA) is 41.6 Å². The Kier molecular flexibility index (Phi) is 5.39. The van der Waals surface area contributed by atoms with E-state index in [-0.39, 0.29) is 11.9 Å². The molecule has 1 atom stereocenters. The van der Waals surface area contributed by atoms with Crippen LogP contribution in [0.2, 0.25) is 0 Å². The summed E-state index contributed by atoms with van der Waals surface area (Å²) >= 11 is 0. The highest BCUT2D eigenvalue weighted by Crippen LogP contribution is 2.20. The Morgan fingerprint density at radius 3 is 2.95 bits per heavy atom. The molecule has 0 aromatic heterocycles. The lowest BCUT2D eigenvalue weighted by molar-refractivity contribution is -0.128. The van der Waals surface area contributed by atoms with Gasteiger partial charge in [-0.2, -0.15) is 0 Å². The number of carbonyl (C=O) groups excluding carboxylic acids is 1. The van der Waals surface area contributed by atoms with E-state index in [1.165, 1.54) is 0 Å². The minimum Gasteiger partial charge on any atom is -0.496 e. The molecule has 1 aliphatic heterocycles. The van der Waals surface area contributed by atoms with Crippen molar-refractivity contribution in [3.05, 3.63) is 41.5 Å². The van der Waals surface area contributed by atoms with Crippen LogP contribution in [0.25, 0.3) is 0 Å². The first-order valence-electron chi connectivity index (χ1n) is 7.42. The van der Waals surface area contributed by atoms with E-state index in [1.807, 2.05) is 36.1 Å². The Morgan fingerprint density at radius 2 is 2.24 bits per heavy atom. The van der Waals surface area contributed by atoms with Crippen LogP contribution < -0.4 is 10.1 Å². The molecule has 114 valence electrons. The summed E-state index contributed by atoms with van der Waals surface area (Å²) in [5.74, 6) is 0.977. The average molecular weight is 288 g/mol. The second kappa shape index (κ2) is 7.27. The van der Waals surface area contributed by atoms with Gasteiger partial charge in [-0.15, -0.1) is 0 Å². The summed E-state index contributed by atoms with van der Waals surface area (Å²) in [5, 5.41) is 3.30. The number of hydrogen-bond donors (Lipinski definition) is 1. The lowest BCUT2D eigenvalue weighted by atomic mass is 10.0. The maximum atomic E-state index is 12.4. The molecule has 21 heavy (non-hydrogen) atoms. The zero-order chi connectivity index (χ0) is 15.2. The fourth-order valence-electron chi connectivity index (χ4n) is 2.66. The number of para-hydroxylation sites is 1. The van der Waals surface area contributed by atoms with E-state index in [1.54, 1.807) is 13.2 Å². The van der Waals surface area contributed by atoms with Crippen LogP contribution in [0.3, 0.4) is 0 Å². The largest absolute Gasteiger partial charge is 0.496 e. The minimum atomic E-state index is 0.108. The van der Waals surface area contributed by atoms with Gasteiger partial charge in [-0.3, -0.25) is 4.79 Å². The Hall–Kier alpha value is -1.81. The summed E-state index contributed by atoms with van der Waals surface area (Å²) in [6.07, 6.45) is 2.49. The van der Waals surface area contributed by atoms with Crippen LogP contribution in [0.4, 0.5) is 0 Å². The van der Waals surface area contributed by atoms with E-state index in [2.05, 4.69) is 12.2 Å². The van der Waals surface area contributed by atoms with Crippen LogP contribution in [0.5, 0.6) is 5.75 Å². The van der Waals surface area contributed by atoms with Crippen LogP contribution in [0.15, 0.2) is 35.9 Å². The molecule has 0 saturated carbocycles. The van der Waals surface area contributed by atoms with E-state index < -0.39 is 0 Å². The molecule has 1 aliphatic rings. The summed E-state index contributed by atoms with van der Waals surface area (Å²) < 4.78 is 5.35. The number of benzene rings is 1. The van der Waals surface area contributed by atoms with Crippen LogP contribution in [0, 0.1) is 0 Å². The highest BCUT2D eigenvalue weighted by atomic mass is 16.5. The second-order valence-electron chi connectivity index (χ2n) is 5.56. The zero-order valence-corrected chi connectivity index (χ0v) is 13.1. The number of nitrogens with zero attached hydrogens (tertiary/aromatic N) is 1. The van der Waals surface area contributed by atoms with E-state index in [4.69, 9.17) is 4.74 Å². The fraction of sp³-hybridized carbons (Fsp3) is 0.471. The van der Waals surface area contributed by atoms with Crippen molar-refractivity contribution in [2.75, 3.05) is 26.7 Å². The Bertz CT molecular complexity index is 525. The summed E-state index contributed by atoms with van der Waals surface area (Å²) in [6.45, 7) is 6.59. The van der Waals surface area contributed by atoms with E-state index in [0.717, 1.165) is 42.9 Å². The second-order valence-corrected chi connectivity index (χ2v) is 5.56. The summed E-state index contributed by atoms with van der Waals surface area (Å²) in [4.78, 5) is 14.3. The monoisotopic (exact) mass is 288 g/mol. The van der Waals surface area contributed by atoms with Crippen LogP contribution in [-0.4, -0.2) is 43.6 Å². The third-order valence-corrected chi connectivity index (χ3v) is 3.82. The number of ether oxygens (including phenoxy) is 1. The molecule has 1 fully saturated rings. The summed E-state index contributed by atoms with van der Waals surface area (Å²) in [6, 6.07) is 8.18. The Balaban J connectivity index is 2.04. The Labute approximate surface area is 126 Å². The molecule has 1 N–H and O–H groups in total. The molecule has 0 aliphatic carbocycles. The number of rotatable bonds is 4. The van der Waals surface area contributed by atoms with Crippen molar-refractivity contribution in [3.8, 4) is 5.75 Å². The molecule has 1 saturated heterocycles. The zero-order valence-electron chi connectivity index (χ0n) is 13.1. The summed E-state index contributed by atoms with van der Waals surface area (Å²) in [5.41, 5.74) is 2.16. The average Bonchev–Trinajstić information content (AvgIpc) is 2.48. The first kappa shape index (κ1) is 15.6. The van der Waals surface area contributed by atoms with Gasteiger partial charge in [0.15, 0.2) is 0 Å². The number of carbonyl (C=O) groups is 1. The molecule has 1 unspecified atom stereocenters. The molecule has 4 heteroatoms. The number of piperazine rings is 1. The van der Waals surface area contributed by atoms with E-state index >= 15 is 0 Å². The maximum absolute atomic E-state index is 12.4. The molecule has 1 amide bonds. The quantitative estimate of drug-likeness (QED) is 0.862. The predicted octanol–water partition coefficient (Wildman–Crippen LogP) is 2.00.